The van der Waals surface area contributed by atoms with Gasteiger partial charge in [-0.25, -0.2) is 0 Å². The number of anilines is 1. The highest BCUT2D eigenvalue weighted by atomic mass is 14.7. The first-order valence-electron chi connectivity index (χ1n) is 5.28. The molecule has 0 aliphatic heterocycles. The number of pyridine rings is 1. The molecule has 1 heterocycles. The van der Waals surface area contributed by atoms with E-state index in [0.717, 1.165) is 28.7 Å². The molecule has 0 amide bonds. The summed E-state index contributed by atoms with van der Waals surface area (Å²) >= 11 is 0. The Bertz CT molecular complexity index is 515. The minimum Gasteiger partial charge on any atom is -0.398 e. The average molecular weight is 200 g/mol. The van der Waals surface area contributed by atoms with Gasteiger partial charge in [0.15, 0.2) is 0 Å². The molecule has 0 aliphatic rings. The highest BCUT2D eigenvalue weighted by Crippen LogP contribution is 2.26. The van der Waals surface area contributed by atoms with Crippen LogP contribution < -0.4 is 5.73 Å². The quantitative estimate of drug-likeness (QED) is 0.768. The van der Waals surface area contributed by atoms with Crippen molar-refractivity contribution in [2.45, 2.75) is 27.2 Å². The molecule has 0 aliphatic carbocycles. The van der Waals surface area contributed by atoms with Gasteiger partial charge in [0.1, 0.15) is 0 Å². The second kappa shape index (κ2) is 3.54. The van der Waals surface area contributed by atoms with E-state index >= 15 is 0 Å². The summed E-state index contributed by atoms with van der Waals surface area (Å²) in [7, 11) is 0. The van der Waals surface area contributed by atoms with E-state index in [1.165, 1.54) is 11.1 Å². The zero-order valence-electron chi connectivity index (χ0n) is 9.46. The number of nitrogens with zero attached hydrogens (tertiary/aromatic N) is 1. The number of hydrogen-bond donors (Lipinski definition) is 1. The predicted octanol–water partition coefficient (Wildman–Crippen LogP) is 3.00. The molecule has 2 rings (SSSR count). The van der Waals surface area contributed by atoms with E-state index in [1.807, 2.05) is 6.07 Å². The molecule has 0 spiro atoms. The molecule has 0 fully saturated rings. The van der Waals surface area contributed by atoms with Gasteiger partial charge in [0, 0.05) is 16.8 Å². The van der Waals surface area contributed by atoms with Crippen LogP contribution in [0.2, 0.25) is 0 Å². The first kappa shape index (κ1) is 9.97. The van der Waals surface area contributed by atoms with Crippen molar-refractivity contribution < 1.29 is 0 Å². The smallest absolute Gasteiger partial charge is 0.0757 e. The van der Waals surface area contributed by atoms with Gasteiger partial charge in [0.2, 0.25) is 0 Å². The highest BCUT2D eigenvalue weighted by molar-refractivity contribution is 5.94. The molecular formula is C13H16N2. The third-order valence-corrected chi connectivity index (χ3v) is 2.82. The number of benzene rings is 1. The van der Waals surface area contributed by atoms with E-state index in [1.54, 1.807) is 0 Å². The van der Waals surface area contributed by atoms with Gasteiger partial charge >= 0.3 is 0 Å². The van der Waals surface area contributed by atoms with Crippen molar-refractivity contribution in [3.63, 3.8) is 0 Å². The van der Waals surface area contributed by atoms with Crippen molar-refractivity contribution in [2.24, 2.45) is 0 Å². The van der Waals surface area contributed by atoms with Crippen LogP contribution in [0, 0.1) is 13.8 Å². The number of fused-ring (bicyclic) bond motifs is 1. The molecule has 2 heteroatoms. The van der Waals surface area contributed by atoms with E-state index < -0.39 is 0 Å². The van der Waals surface area contributed by atoms with Gasteiger partial charge in [-0.3, -0.25) is 4.98 Å². The number of hydrogen-bond acceptors (Lipinski definition) is 2. The molecule has 1 aromatic carbocycles. The Hall–Kier alpha value is -1.57. The monoisotopic (exact) mass is 200 g/mol. The van der Waals surface area contributed by atoms with Crippen LogP contribution in [0.3, 0.4) is 0 Å². The molecule has 78 valence electrons. The third-order valence-electron chi connectivity index (χ3n) is 2.82. The average Bonchev–Trinajstić information content (AvgIpc) is 2.23. The second-order valence-corrected chi connectivity index (χ2v) is 3.98. The summed E-state index contributed by atoms with van der Waals surface area (Å²) < 4.78 is 0. The van der Waals surface area contributed by atoms with E-state index in [2.05, 4.69) is 37.9 Å². The molecule has 0 unspecified atom stereocenters. The summed E-state index contributed by atoms with van der Waals surface area (Å²) in [5, 5.41) is 1.10. The SMILES string of the molecule is CCc1cc(N)c2c(C)ccc(C)c2n1. The summed E-state index contributed by atoms with van der Waals surface area (Å²) in [6, 6.07) is 6.18. The van der Waals surface area contributed by atoms with E-state index in [4.69, 9.17) is 5.73 Å². The minimum absolute atomic E-state index is 0.845. The maximum absolute atomic E-state index is 6.06. The Kier molecular flexibility index (Phi) is 2.35. The fraction of sp³-hybridized carbons (Fsp3) is 0.308. The van der Waals surface area contributed by atoms with Crippen molar-refractivity contribution >= 4 is 16.6 Å². The molecule has 1 aromatic heterocycles. The van der Waals surface area contributed by atoms with Crippen LogP contribution in [0.15, 0.2) is 18.2 Å². The lowest BCUT2D eigenvalue weighted by Crippen LogP contribution is -1.97. The maximum Gasteiger partial charge on any atom is 0.0757 e. The predicted molar refractivity (Wildman–Crippen MR) is 65.0 cm³/mol. The molecule has 0 radical (unpaired) electrons. The van der Waals surface area contributed by atoms with Crippen LogP contribution in [-0.4, -0.2) is 4.98 Å². The van der Waals surface area contributed by atoms with Gasteiger partial charge in [-0.15, -0.1) is 0 Å². The molecule has 2 nitrogen and oxygen atoms in total. The number of rotatable bonds is 1. The lowest BCUT2D eigenvalue weighted by Gasteiger charge is -2.09. The zero-order valence-corrected chi connectivity index (χ0v) is 9.46. The summed E-state index contributed by atoms with van der Waals surface area (Å²) in [5.41, 5.74) is 11.4. The van der Waals surface area contributed by atoms with Crippen molar-refractivity contribution in [2.75, 3.05) is 5.73 Å². The maximum atomic E-state index is 6.06. The summed E-state index contributed by atoms with van der Waals surface area (Å²) in [6.07, 6.45) is 0.924. The Labute approximate surface area is 90.1 Å². The number of aromatic nitrogens is 1. The Morgan fingerprint density at radius 3 is 2.53 bits per heavy atom. The van der Waals surface area contributed by atoms with Crippen molar-refractivity contribution in [3.8, 4) is 0 Å². The number of nitrogen functional groups attached to an aromatic ring is 1. The molecule has 0 bridgehead atoms. The van der Waals surface area contributed by atoms with Crippen molar-refractivity contribution in [3.05, 3.63) is 35.0 Å². The van der Waals surface area contributed by atoms with Crippen LogP contribution in [0.25, 0.3) is 10.9 Å². The van der Waals surface area contributed by atoms with E-state index in [-0.39, 0.29) is 0 Å². The Morgan fingerprint density at radius 2 is 1.87 bits per heavy atom. The Balaban J connectivity index is 2.90. The van der Waals surface area contributed by atoms with Crippen LogP contribution in [0.4, 0.5) is 5.69 Å². The lowest BCUT2D eigenvalue weighted by molar-refractivity contribution is 1.05. The van der Waals surface area contributed by atoms with Gasteiger partial charge in [-0.2, -0.15) is 0 Å². The molecule has 0 atom stereocenters. The molecule has 0 saturated heterocycles. The van der Waals surface area contributed by atoms with Crippen LogP contribution in [-0.2, 0) is 6.42 Å². The molecule has 0 saturated carbocycles. The number of nitrogens with two attached hydrogens (primary N) is 1. The fourth-order valence-corrected chi connectivity index (χ4v) is 1.91. The largest absolute Gasteiger partial charge is 0.398 e. The first-order chi connectivity index (χ1) is 7.13. The van der Waals surface area contributed by atoms with E-state index in [0.29, 0.717) is 0 Å². The third kappa shape index (κ3) is 1.56. The molecular weight excluding hydrogens is 184 g/mol. The van der Waals surface area contributed by atoms with Gasteiger partial charge in [-0.1, -0.05) is 19.1 Å². The molecule has 2 N–H and O–H groups in total. The van der Waals surface area contributed by atoms with Gasteiger partial charge in [0.05, 0.1) is 5.52 Å². The van der Waals surface area contributed by atoms with Crippen molar-refractivity contribution in [1.82, 2.24) is 4.98 Å². The summed E-state index contributed by atoms with van der Waals surface area (Å²) in [6.45, 7) is 6.25. The highest BCUT2D eigenvalue weighted by Gasteiger charge is 2.07. The van der Waals surface area contributed by atoms with Crippen LogP contribution in [0.1, 0.15) is 23.7 Å². The normalized spacial score (nSPS) is 10.9. The lowest BCUT2D eigenvalue weighted by atomic mass is 10.0. The summed E-state index contributed by atoms with van der Waals surface area (Å²) in [4.78, 5) is 4.63. The van der Waals surface area contributed by atoms with Crippen molar-refractivity contribution in [1.29, 1.82) is 0 Å². The zero-order chi connectivity index (χ0) is 11.0. The number of aryl methyl sites for hydroxylation is 3. The van der Waals surface area contributed by atoms with Gasteiger partial charge < -0.3 is 5.73 Å². The van der Waals surface area contributed by atoms with Crippen LogP contribution >= 0.6 is 0 Å². The topological polar surface area (TPSA) is 38.9 Å². The standard InChI is InChI=1S/C13H16N2/c1-4-10-7-11(14)12-8(2)5-6-9(3)13(12)15-10/h5-7H,4H2,1-3H3,(H2,14,15). The fourth-order valence-electron chi connectivity index (χ4n) is 1.91. The van der Waals surface area contributed by atoms with Gasteiger partial charge in [-0.05, 0) is 37.5 Å². The molecule has 2 aromatic rings. The Morgan fingerprint density at radius 1 is 1.20 bits per heavy atom. The molecule has 15 heavy (non-hydrogen) atoms. The summed E-state index contributed by atoms with van der Waals surface area (Å²) in [5.74, 6) is 0. The van der Waals surface area contributed by atoms with E-state index in [9.17, 15) is 0 Å². The van der Waals surface area contributed by atoms with Crippen LogP contribution in [0.5, 0.6) is 0 Å². The first-order valence-corrected chi connectivity index (χ1v) is 5.28. The second-order valence-electron chi connectivity index (χ2n) is 3.98. The van der Waals surface area contributed by atoms with Gasteiger partial charge in [0.25, 0.3) is 0 Å². The minimum atomic E-state index is 0.845.